The van der Waals surface area contributed by atoms with Gasteiger partial charge in [0, 0.05) is 30.9 Å². The van der Waals surface area contributed by atoms with Gasteiger partial charge in [-0.15, -0.1) is 0 Å². The van der Waals surface area contributed by atoms with Crippen LogP contribution in [0.1, 0.15) is 53.4 Å². The molecule has 12 heteroatoms. The normalized spacial score (nSPS) is 23.5. The smallest absolute Gasteiger partial charge is 0.399 e. The van der Waals surface area contributed by atoms with Crippen molar-refractivity contribution in [2.45, 2.75) is 75.8 Å². The van der Waals surface area contributed by atoms with Crippen molar-refractivity contribution in [1.82, 2.24) is 14.9 Å². The molecule has 0 saturated carbocycles. The third kappa shape index (κ3) is 5.91. The van der Waals surface area contributed by atoms with Crippen molar-refractivity contribution in [2.75, 3.05) is 25.4 Å². The number of rotatable bonds is 8. The highest BCUT2D eigenvalue weighted by Gasteiger charge is 2.52. The number of nitrogens with zero attached hydrogens (tertiary/aromatic N) is 3. The van der Waals surface area contributed by atoms with Crippen molar-refractivity contribution in [3.8, 4) is 0 Å². The molecule has 33 heavy (non-hydrogen) atoms. The van der Waals surface area contributed by atoms with Crippen LogP contribution in [0.3, 0.4) is 0 Å². The van der Waals surface area contributed by atoms with E-state index in [-0.39, 0.29) is 16.8 Å². The second-order valence-corrected chi connectivity index (χ2v) is 11.8. The van der Waals surface area contributed by atoms with E-state index >= 15 is 0 Å². The first kappa shape index (κ1) is 26.0. The standard InChI is InChI=1S/C21H34BN3O7S/c1-20(2)21(3,4)32-22(31-20)16-11-23-19(24-12-16)33(29,30)10-6-8-15-7-5-9-25(13-15)18(28)17(27)14-26/h11-12,15,17,26-27H,5-10,13-14H2,1-4H3/t15-,17+/m0/s1. The molecule has 1 aromatic heterocycles. The third-order valence-corrected chi connectivity index (χ3v) is 8.36. The lowest BCUT2D eigenvalue weighted by atomic mass is 9.81. The van der Waals surface area contributed by atoms with Crippen LogP contribution in [-0.2, 0) is 23.9 Å². The third-order valence-electron chi connectivity index (χ3n) is 6.77. The van der Waals surface area contributed by atoms with Crippen LogP contribution in [0.4, 0.5) is 0 Å². The molecule has 2 saturated heterocycles. The molecule has 0 spiro atoms. The van der Waals surface area contributed by atoms with Gasteiger partial charge in [-0.2, -0.15) is 0 Å². The van der Waals surface area contributed by atoms with E-state index in [2.05, 4.69) is 9.97 Å². The summed E-state index contributed by atoms with van der Waals surface area (Å²) in [6, 6.07) is 0. The first-order valence-electron chi connectivity index (χ1n) is 11.3. The first-order chi connectivity index (χ1) is 15.4. The Hall–Kier alpha value is -1.60. The zero-order chi connectivity index (χ0) is 24.4. The molecular weight excluding hydrogens is 449 g/mol. The zero-order valence-corrected chi connectivity index (χ0v) is 20.5. The maximum atomic E-state index is 12.7. The fourth-order valence-corrected chi connectivity index (χ4v) is 5.19. The molecule has 1 amide bonds. The van der Waals surface area contributed by atoms with E-state index in [4.69, 9.17) is 14.4 Å². The fourth-order valence-electron chi connectivity index (χ4n) is 4.03. The first-order valence-corrected chi connectivity index (χ1v) is 13.0. The van der Waals surface area contributed by atoms with Crippen LogP contribution in [-0.4, -0.2) is 89.3 Å². The molecule has 0 radical (unpaired) electrons. The molecule has 0 aliphatic carbocycles. The maximum Gasteiger partial charge on any atom is 0.498 e. The number of hydrogen-bond acceptors (Lipinski definition) is 9. The van der Waals surface area contributed by atoms with Crippen LogP contribution in [0, 0.1) is 5.92 Å². The zero-order valence-electron chi connectivity index (χ0n) is 19.7. The molecule has 2 fully saturated rings. The van der Waals surface area contributed by atoms with E-state index in [0.29, 0.717) is 31.4 Å². The molecular formula is C21H34BN3O7S. The van der Waals surface area contributed by atoms with Crippen LogP contribution in [0.2, 0.25) is 0 Å². The predicted molar refractivity (Wildman–Crippen MR) is 121 cm³/mol. The molecule has 184 valence electrons. The van der Waals surface area contributed by atoms with E-state index in [1.165, 1.54) is 12.4 Å². The Balaban J connectivity index is 1.53. The Labute approximate surface area is 195 Å². The number of carbonyl (C=O) groups excluding carboxylic acids is 1. The van der Waals surface area contributed by atoms with E-state index < -0.39 is 46.8 Å². The van der Waals surface area contributed by atoms with Gasteiger partial charge in [0.25, 0.3) is 5.91 Å². The average molecular weight is 483 g/mol. The maximum absolute atomic E-state index is 12.7. The highest BCUT2D eigenvalue weighted by molar-refractivity contribution is 7.91. The Bertz CT molecular complexity index is 924. The SMILES string of the molecule is CC1(C)OB(c2cnc(S(=O)(=O)CCC[C@@H]3CCCN(C(=O)[C@H](O)CO)C3)nc2)OC1(C)C. The minimum atomic E-state index is -3.65. The summed E-state index contributed by atoms with van der Waals surface area (Å²) in [5.41, 5.74) is -0.472. The van der Waals surface area contributed by atoms with Crippen LogP contribution in [0.25, 0.3) is 0 Å². The predicted octanol–water partition coefficient (Wildman–Crippen LogP) is -0.0785. The summed E-state index contributed by atoms with van der Waals surface area (Å²) >= 11 is 0. The number of likely N-dealkylation sites (tertiary alicyclic amines) is 1. The molecule has 10 nitrogen and oxygen atoms in total. The quantitative estimate of drug-likeness (QED) is 0.384. The molecule has 1 aromatic rings. The molecule has 2 aliphatic heterocycles. The second-order valence-electron chi connectivity index (χ2n) is 9.84. The van der Waals surface area contributed by atoms with Crippen molar-refractivity contribution in [3.63, 3.8) is 0 Å². The summed E-state index contributed by atoms with van der Waals surface area (Å²) in [6.45, 7) is 8.12. The van der Waals surface area contributed by atoms with Gasteiger partial charge in [0.05, 0.1) is 23.6 Å². The summed E-state index contributed by atoms with van der Waals surface area (Å²) in [5.74, 6) is -0.423. The monoisotopic (exact) mass is 483 g/mol. The van der Waals surface area contributed by atoms with Crippen molar-refractivity contribution < 1.29 is 32.7 Å². The van der Waals surface area contributed by atoms with E-state index in [1.54, 1.807) is 4.90 Å². The molecule has 2 N–H and O–H groups in total. The minimum absolute atomic E-state index is 0.0907. The van der Waals surface area contributed by atoms with Crippen LogP contribution < -0.4 is 5.46 Å². The fraction of sp³-hybridized carbons (Fsp3) is 0.762. The van der Waals surface area contributed by atoms with Crippen LogP contribution in [0.5, 0.6) is 0 Å². The lowest BCUT2D eigenvalue weighted by molar-refractivity contribution is -0.144. The number of sulfone groups is 1. The van der Waals surface area contributed by atoms with Gasteiger partial charge < -0.3 is 24.4 Å². The van der Waals surface area contributed by atoms with Gasteiger partial charge in [-0.3, -0.25) is 4.79 Å². The van der Waals surface area contributed by atoms with Crippen molar-refractivity contribution in [2.24, 2.45) is 5.92 Å². The number of aliphatic hydroxyl groups excluding tert-OH is 2. The van der Waals surface area contributed by atoms with Gasteiger partial charge in [0.15, 0.2) is 6.10 Å². The Morgan fingerprint density at radius 2 is 1.85 bits per heavy atom. The number of aromatic nitrogens is 2. The highest BCUT2D eigenvalue weighted by Crippen LogP contribution is 2.36. The number of carbonyl (C=O) groups is 1. The Kier molecular flexibility index (Phi) is 7.84. The van der Waals surface area contributed by atoms with E-state index in [0.717, 1.165) is 12.8 Å². The largest absolute Gasteiger partial charge is 0.498 e. The van der Waals surface area contributed by atoms with Crippen molar-refractivity contribution >= 4 is 28.3 Å². The van der Waals surface area contributed by atoms with Gasteiger partial charge in [0.2, 0.25) is 15.0 Å². The van der Waals surface area contributed by atoms with Crippen LogP contribution in [0.15, 0.2) is 17.6 Å². The Morgan fingerprint density at radius 1 is 1.24 bits per heavy atom. The molecule has 3 rings (SSSR count). The van der Waals surface area contributed by atoms with Gasteiger partial charge in [-0.25, -0.2) is 18.4 Å². The van der Waals surface area contributed by atoms with Gasteiger partial charge >= 0.3 is 7.12 Å². The summed E-state index contributed by atoms with van der Waals surface area (Å²) in [7, 11) is -4.31. The van der Waals surface area contributed by atoms with Gasteiger partial charge in [-0.1, -0.05) is 0 Å². The summed E-state index contributed by atoms with van der Waals surface area (Å²) in [5, 5.41) is 18.3. The van der Waals surface area contributed by atoms with Crippen molar-refractivity contribution in [3.05, 3.63) is 12.4 Å². The van der Waals surface area contributed by atoms with E-state index in [1.807, 2.05) is 27.7 Å². The number of aliphatic hydroxyl groups is 2. The number of amides is 1. The summed E-state index contributed by atoms with van der Waals surface area (Å²) in [4.78, 5) is 21.7. The summed E-state index contributed by atoms with van der Waals surface area (Å²) < 4.78 is 37.3. The van der Waals surface area contributed by atoms with E-state index in [9.17, 15) is 18.3 Å². The molecule has 0 aromatic carbocycles. The molecule has 3 heterocycles. The average Bonchev–Trinajstić information content (AvgIpc) is 2.99. The molecule has 0 unspecified atom stereocenters. The lowest BCUT2D eigenvalue weighted by Gasteiger charge is -2.33. The Morgan fingerprint density at radius 3 is 2.42 bits per heavy atom. The van der Waals surface area contributed by atoms with Gasteiger partial charge in [-0.05, 0) is 59.3 Å². The van der Waals surface area contributed by atoms with Crippen molar-refractivity contribution in [1.29, 1.82) is 0 Å². The number of piperidine rings is 1. The summed E-state index contributed by atoms with van der Waals surface area (Å²) in [6.07, 6.45) is 4.17. The number of hydrogen-bond donors (Lipinski definition) is 2. The topological polar surface area (TPSA) is 139 Å². The highest BCUT2D eigenvalue weighted by atomic mass is 32.2. The molecule has 2 atom stereocenters. The molecule has 0 bridgehead atoms. The van der Waals surface area contributed by atoms with Crippen LogP contribution >= 0.6 is 0 Å². The second kappa shape index (κ2) is 9.95. The lowest BCUT2D eigenvalue weighted by Crippen LogP contribution is -2.46. The minimum Gasteiger partial charge on any atom is -0.399 e. The van der Waals surface area contributed by atoms with Gasteiger partial charge in [0.1, 0.15) is 0 Å². The molecule has 2 aliphatic rings.